The number of amides is 1. The highest BCUT2D eigenvalue weighted by atomic mass is 35.5. The summed E-state index contributed by atoms with van der Waals surface area (Å²) in [6, 6.07) is 10.7. The van der Waals surface area contributed by atoms with Crippen LogP contribution >= 0.6 is 34.5 Å². The molecule has 0 fully saturated rings. The first-order valence-corrected chi connectivity index (χ1v) is 9.98. The molecule has 0 atom stereocenters. The largest absolute Gasteiger partial charge is 0.496 e. The molecule has 1 N–H and O–H groups in total. The molecule has 0 bridgehead atoms. The van der Waals surface area contributed by atoms with Gasteiger partial charge in [0.1, 0.15) is 11.3 Å². The number of methoxy groups -OCH3 is 2. The van der Waals surface area contributed by atoms with Crippen LogP contribution in [0, 0.1) is 0 Å². The minimum Gasteiger partial charge on any atom is -0.496 e. The van der Waals surface area contributed by atoms with Gasteiger partial charge in [0.25, 0.3) is 11.9 Å². The number of fused-ring (bicyclic) bond motifs is 1. The molecule has 4 aromatic rings. The number of benzene rings is 2. The molecule has 0 aliphatic carbocycles. The molecule has 1 amide bonds. The summed E-state index contributed by atoms with van der Waals surface area (Å²) in [5.74, 6) is 0.513. The zero-order valence-electron chi connectivity index (χ0n) is 15.3. The van der Waals surface area contributed by atoms with E-state index in [0.29, 0.717) is 10.7 Å². The van der Waals surface area contributed by atoms with E-state index in [1.807, 2.05) is 29.6 Å². The van der Waals surface area contributed by atoms with Gasteiger partial charge in [0.05, 0.1) is 30.0 Å². The van der Waals surface area contributed by atoms with E-state index in [4.69, 9.17) is 32.7 Å². The van der Waals surface area contributed by atoms with Crippen molar-refractivity contribution in [2.75, 3.05) is 19.5 Å². The lowest BCUT2D eigenvalue weighted by atomic mass is 10.1. The standard InChI is InChI=1S/C19H14Cl2N4O3S/c1-27-14-6-4-3-5-10(14)13-9-29-19-23-18(24-25(13)19)22-17(26)15-11(20)7-8-12(21)16(15)28-2/h3-9H,1-2H3,(H,22,24,26). The van der Waals surface area contributed by atoms with Gasteiger partial charge in [0.2, 0.25) is 4.96 Å². The predicted molar refractivity (Wildman–Crippen MR) is 114 cm³/mol. The Labute approximate surface area is 179 Å². The topological polar surface area (TPSA) is 77.8 Å². The van der Waals surface area contributed by atoms with Gasteiger partial charge < -0.3 is 9.47 Å². The van der Waals surface area contributed by atoms with E-state index in [1.54, 1.807) is 17.7 Å². The summed E-state index contributed by atoms with van der Waals surface area (Å²) in [5, 5.41) is 9.47. The smallest absolute Gasteiger partial charge is 0.263 e. The molecule has 29 heavy (non-hydrogen) atoms. The van der Waals surface area contributed by atoms with Gasteiger partial charge in [-0.3, -0.25) is 10.1 Å². The fraction of sp³-hybridized carbons (Fsp3) is 0.105. The average Bonchev–Trinajstić information content (AvgIpc) is 3.29. The van der Waals surface area contributed by atoms with Gasteiger partial charge >= 0.3 is 0 Å². The molecule has 2 aromatic carbocycles. The molecule has 0 unspecified atom stereocenters. The van der Waals surface area contributed by atoms with Crippen molar-refractivity contribution in [1.29, 1.82) is 0 Å². The van der Waals surface area contributed by atoms with Crippen molar-refractivity contribution in [2.24, 2.45) is 0 Å². The van der Waals surface area contributed by atoms with Crippen LogP contribution < -0.4 is 14.8 Å². The number of rotatable bonds is 5. The van der Waals surface area contributed by atoms with Crippen LogP contribution in [0.3, 0.4) is 0 Å². The summed E-state index contributed by atoms with van der Waals surface area (Å²) < 4.78 is 12.3. The molecule has 0 aliphatic rings. The Balaban J connectivity index is 1.70. The van der Waals surface area contributed by atoms with Crippen LogP contribution in [0.25, 0.3) is 16.2 Å². The number of anilines is 1. The molecule has 2 heterocycles. The summed E-state index contributed by atoms with van der Waals surface area (Å²) in [7, 11) is 3.02. The summed E-state index contributed by atoms with van der Waals surface area (Å²) in [5.41, 5.74) is 1.78. The highest BCUT2D eigenvalue weighted by molar-refractivity contribution is 7.15. The lowest BCUT2D eigenvalue weighted by molar-refractivity contribution is 0.102. The van der Waals surface area contributed by atoms with E-state index in [0.717, 1.165) is 11.3 Å². The lowest BCUT2D eigenvalue weighted by Crippen LogP contribution is -2.15. The van der Waals surface area contributed by atoms with Crippen LogP contribution in [-0.2, 0) is 0 Å². The molecule has 2 aromatic heterocycles. The minimum absolute atomic E-state index is 0.116. The van der Waals surface area contributed by atoms with Gasteiger partial charge in [-0.2, -0.15) is 4.98 Å². The second kappa shape index (κ2) is 7.90. The number of thiazole rings is 1. The third kappa shape index (κ3) is 3.50. The van der Waals surface area contributed by atoms with Gasteiger partial charge in [0.15, 0.2) is 5.75 Å². The second-order valence-electron chi connectivity index (χ2n) is 5.84. The van der Waals surface area contributed by atoms with Crippen molar-refractivity contribution in [3.8, 4) is 22.8 Å². The van der Waals surface area contributed by atoms with E-state index in [2.05, 4.69) is 15.4 Å². The number of carbonyl (C=O) groups is 1. The second-order valence-corrected chi connectivity index (χ2v) is 7.49. The summed E-state index contributed by atoms with van der Waals surface area (Å²) >= 11 is 13.7. The normalized spacial score (nSPS) is 10.9. The number of aromatic nitrogens is 3. The number of halogens is 2. The number of hydrogen-bond donors (Lipinski definition) is 1. The van der Waals surface area contributed by atoms with Crippen molar-refractivity contribution >= 4 is 51.4 Å². The van der Waals surface area contributed by atoms with Gasteiger partial charge in [-0.15, -0.1) is 16.4 Å². The monoisotopic (exact) mass is 448 g/mol. The number of nitrogens with one attached hydrogen (secondary N) is 1. The molecule has 0 radical (unpaired) electrons. The first-order chi connectivity index (χ1) is 14.0. The minimum atomic E-state index is -0.522. The molecule has 4 rings (SSSR count). The predicted octanol–water partition coefficient (Wildman–Crippen LogP) is 5.03. The maximum atomic E-state index is 12.8. The van der Waals surface area contributed by atoms with E-state index in [-0.39, 0.29) is 27.3 Å². The molecule has 10 heteroatoms. The van der Waals surface area contributed by atoms with Crippen molar-refractivity contribution in [2.45, 2.75) is 0 Å². The fourth-order valence-corrected chi connectivity index (χ4v) is 4.18. The Hall–Kier alpha value is -2.81. The van der Waals surface area contributed by atoms with E-state index >= 15 is 0 Å². The Bertz CT molecular complexity index is 1220. The van der Waals surface area contributed by atoms with Crippen molar-refractivity contribution in [3.63, 3.8) is 0 Å². The molecule has 0 saturated heterocycles. The first-order valence-electron chi connectivity index (χ1n) is 8.34. The molecule has 7 nitrogen and oxygen atoms in total. The number of ether oxygens (including phenoxy) is 2. The van der Waals surface area contributed by atoms with Gasteiger partial charge in [0, 0.05) is 10.9 Å². The Morgan fingerprint density at radius 2 is 1.86 bits per heavy atom. The maximum Gasteiger partial charge on any atom is 0.263 e. The summed E-state index contributed by atoms with van der Waals surface area (Å²) in [6.45, 7) is 0. The maximum absolute atomic E-state index is 12.8. The van der Waals surface area contributed by atoms with Crippen molar-refractivity contribution < 1.29 is 14.3 Å². The highest BCUT2D eigenvalue weighted by Crippen LogP contribution is 2.35. The Morgan fingerprint density at radius 3 is 2.62 bits per heavy atom. The van der Waals surface area contributed by atoms with E-state index in [1.165, 1.54) is 24.5 Å². The highest BCUT2D eigenvalue weighted by Gasteiger charge is 2.22. The van der Waals surface area contributed by atoms with Crippen molar-refractivity contribution in [3.05, 3.63) is 57.4 Å². The lowest BCUT2D eigenvalue weighted by Gasteiger charge is -2.11. The Morgan fingerprint density at radius 1 is 1.10 bits per heavy atom. The van der Waals surface area contributed by atoms with Crippen LogP contribution in [0.1, 0.15) is 10.4 Å². The zero-order valence-corrected chi connectivity index (χ0v) is 17.6. The number of nitrogens with zero attached hydrogens (tertiary/aromatic N) is 3. The first kappa shape index (κ1) is 19.5. The quantitative estimate of drug-likeness (QED) is 0.462. The zero-order chi connectivity index (χ0) is 20.5. The summed E-state index contributed by atoms with van der Waals surface area (Å²) in [4.78, 5) is 17.8. The number of hydrogen-bond acceptors (Lipinski definition) is 6. The van der Waals surface area contributed by atoms with E-state index < -0.39 is 5.91 Å². The number of carbonyl (C=O) groups excluding carboxylic acids is 1. The number of para-hydroxylation sites is 1. The molecule has 148 valence electrons. The SMILES string of the molecule is COc1ccccc1-c1csc2nc(NC(=O)c3c(Cl)ccc(Cl)c3OC)nn12. The van der Waals surface area contributed by atoms with Crippen LogP contribution in [0.4, 0.5) is 5.95 Å². The molecular weight excluding hydrogens is 435 g/mol. The van der Waals surface area contributed by atoms with Crippen molar-refractivity contribution in [1.82, 2.24) is 14.6 Å². The average molecular weight is 449 g/mol. The molecular formula is C19H14Cl2N4O3S. The third-order valence-electron chi connectivity index (χ3n) is 4.18. The van der Waals surface area contributed by atoms with Crippen LogP contribution in [0.5, 0.6) is 11.5 Å². The van der Waals surface area contributed by atoms with Crippen LogP contribution in [-0.4, -0.2) is 34.7 Å². The Kier molecular flexibility index (Phi) is 5.31. The molecule has 0 saturated carbocycles. The van der Waals surface area contributed by atoms with Gasteiger partial charge in [-0.05, 0) is 24.3 Å². The third-order valence-corrected chi connectivity index (χ3v) is 5.61. The molecule has 0 spiro atoms. The fourth-order valence-electron chi connectivity index (χ4n) is 2.88. The van der Waals surface area contributed by atoms with Gasteiger partial charge in [-0.1, -0.05) is 35.3 Å². The van der Waals surface area contributed by atoms with Crippen LogP contribution in [0.2, 0.25) is 10.0 Å². The van der Waals surface area contributed by atoms with Gasteiger partial charge in [-0.25, -0.2) is 4.52 Å². The molecule has 0 aliphatic heterocycles. The van der Waals surface area contributed by atoms with Crippen LogP contribution in [0.15, 0.2) is 41.8 Å². The summed E-state index contributed by atoms with van der Waals surface area (Å²) in [6.07, 6.45) is 0. The van der Waals surface area contributed by atoms with E-state index in [9.17, 15) is 4.79 Å².